The van der Waals surface area contributed by atoms with E-state index in [9.17, 15) is 0 Å². The largest absolute Gasteiger partial charge is 0.370 e. The van der Waals surface area contributed by atoms with Crippen molar-refractivity contribution in [3.05, 3.63) is 24.3 Å². The lowest BCUT2D eigenvalue weighted by atomic mass is 10.1. The molecule has 3 rings (SSSR count). The third kappa shape index (κ3) is 3.10. The minimum Gasteiger partial charge on any atom is -0.370 e. The molecule has 0 aromatic carbocycles. The molecular weight excluding hydrogens is 264 g/mol. The van der Waals surface area contributed by atoms with Gasteiger partial charge in [-0.15, -0.1) is 0 Å². The summed E-state index contributed by atoms with van der Waals surface area (Å²) in [6.07, 6.45) is 7.24. The molecular formula is C15H24N4Si. The molecule has 2 aliphatic heterocycles. The van der Waals surface area contributed by atoms with E-state index in [2.05, 4.69) is 39.4 Å². The van der Waals surface area contributed by atoms with E-state index >= 15 is 0 Å². The molecule has 0 atom stereocenters. The van der Waals surface area contributed by atoms with Crippen LogP contribution in [0.4, 0.5) is 5.69 Å². The second-order valence-electron chi connectivity index (χ2n) is 6.60. The van der Waals surface area contributed by atoms with Gasteiger partial charge in [0.05, 0.1) is 26.2 Å². The molecule has 0 unspecified atom stereocenters. The molecule has 1 aromatic heterocycles. The Balaban J connectivity index is 1.69. The number of aromatic nitrogens is 2. The zero-order chi connectivity index (χ0) is 14.0. The SMILES string of the molecule is C[Si]1(C)CCN(c2cnc(C3=CCNCC3)nc2)CC1. The highest BCUT2D eigenvalue weighted by Gasteiger charge is 2.27. The maximum Gasteiger partial charge on any atom is 0.154 e. The Kier molecular flexibility index (Phi) is 3.89. The second kappa shape index (κ2) is 5.66. The Morgan fingerprint density at radius 2 is 1.85 bits per heavy atom. The molecule has 0 radical (unpaired) electrons. The fourth-order valence-electron chi connectivity index (χ4n) is 2.85. The maximum absolute atomic E-state index is 4.58. The normalized spacial score (nSPS) is 22.5. The summed E-state index contributed by atoms with van der Waals surface area (Å²) in [5.41, 5.74) is 2.47. The van der Waals surface area contributed by atoms with Crippen molar-refractivity contribution in [2.45, 2.75) is 31.6 Å². The molecule has 0 aliphatic carbocycles. The Morgan fingerprint density at radius 1 is 1.15 bits per heavy atom. The summed E-state index contributed by atoms with van der Waals surface area (Å²) in [5, 5.41) is 3.32. The van der Waals surface area contributed by atoms with Gasteiger partial charge in [0.25, 0.3) is 0 Å². The van der Waals surface area contributed by atoms with Crippen LogP contribution >= 0.6 is 0 Å². The standard InChI is InChI=1S/C15H24N4Si/c1-20(2)9-7-19(8-10-20)14-11-17-15(18-12-14)13-3-5-16-6-4-13/h3,11-12,16H,4-10H2,1-2H3. The Hall–Kier alpha value is -1.20. The van der Waals surface area contributed by atoms with Gasteiger partial charge in [0.2, 0.25) is 0 Å². The van der Waals surface area contributed by atoms with Crippen LogP contribution in [0.15, 0.2) is 18.5 Å². The molecule has 1 aromatic rings. The van der Waals surface area contributed by atoms with E-state index in [1.165, 1.54) is 36.4 Å². The number of rotatable bonds is 2. The number of hydrogen-bond donors (Lipinski definition) is 1. The molecule has 108 valence electrons. The van der Waals surface area contributed by atoms with Crippen LogP contribution in [0.25, 0.3) is 5.57 Å². The molecule has 0 amide bonds. The van der Waals surface area contributed by atoms with E-state index < -0.39 is 8.07 Å². The third-order valence-corrected chi connectivity index (χ3v) is 7.63. The summed E-state index contributed by atoms with van der Waals surface area (Å²) in [7, 11) is -0.901. The molecule has 1 fully saturated rings. The van der Waals surface area contributed by atoms with Crippen LogP contribution in [-0.4, -0.2) is 44.2 Å². The van der Waals surface area contributed by atoms with Crippen molar-refractivity contribution < 1.29 is 0 Å². The molecule has 3 heterocycles. The van der Waals surface area contributed by atoms with Gasteiger partial charge in [-0.25, -0.2) is 9.97 Å². The predicted molar refractivity (Wildman–Crippen MR) is 86.8 cm³/mol. The predicted octanol–water partition coefficient (Wildman–Crippen LogP) is 2.38. The van der Waals surface area contributed by atoms with Gasteiger partial charge in [-0.2, -0.15) is 0 Å². The quantitative estimate of drug-likeness (QED) is 0.848. The average molecular weight is 288 g/mol. The number of nitrogens with one attached hydrogen (secondary N) is 1. The fourth-order valence-corrected chi connectivity index (χ4v) is 4.85. The van der Waals surface area contributed by atoms with Crippen molar-refractivity contribution in [1.82, 2.24) is 15.3 Å². The van der Waals surface area contributed by atoms with Crippen molar-refractivity contribution in [3.63, 3.8) is 0 Å². The molecule has 4 nitrogen and oxygen atoms in total. The van der Waals surface area contributed by atoms with Gasteiger partial charge in [0.15, 0.2) is 5.82 Å². The lowest BCUT2D eigenvalue weighted by Crippen LogP contribution is -2.42. The number of anilines is 1. The van der Waals surface area contributed by atoms with Crippen LogP contribution in [-0.2, 0) is 0 Å². The van der Waals surface area contributed by atoms with Crippen molar-refractivity contribution in [3.8, 4) is 0 Å². The van der Waals surface area contributed by atoms with Crippen molar-refractivity contribution >= 4 is 19.3 Å². The molecule has 5 heteroatoms. The maximum atomic E-state index is 4.58. The summed E-state index contributed by atoms with van der Waals surface area (Å²) in [5.74, 6) is 0.905. The summed E-state index contributed by atoms with van der Waals surface area (Å²) >= 11 is 0. The van der Waals surface area contributed by atoms with E-state index in [4.69, 9.17) is 0 Å². The first-order chi connectivity index (χ1) is 9.64. The van der Waals surface area contributed by atoms with E-state index in [1.807, 2.05) is 12.4 Å². The molecule has 0 bridgehead atoms. The van der Waals surface area contributed by atoms with Crippen LogP contribution in [0.3, 0.4) is 0 Å². The average Bonchev–Trinajstić information content (AvgIpc) is 2.48. The highest BCUT2D eigenvalue weighted by Crippen LogP contribution is 2.26. The van der Waals surface area contributed by atoms with E-state index in [-0.39, 0.29) is 0 Å². The summed E-state index contributed by atoms with van der Waals surface area (Å²) in [4.78, 5) is 11.6. The van der Waals surface area contributed by atoms with E-state index in [0.717, 1.165) is 25.3 Å². The Morgan fingerprint density at radius 3 is 2.45 bits per heavy atom. The van der Waals surface area contributed by atoms with Gasteiger partial charge < -0.3 is 10.2 Å². The van der Waals surface area contributed by atoms with Crippen LogP contribution < -0.4 is 10.2 Å². The smallest absolute Gasteiger partial charge is 0.154 e. The molecule has 2 aliphatic rings. The highest BCUT2D eigenvalue weighted by atomic mass is 28.3. The van der Waals surface area contributed by atoms with E-state index in [0.29, 0.717) is 0 Å². The van der Waals surface area contributed by atoms with Crippen LogP contribution in [0.5, 0.6) is 0 Å². The van der Waals surface area contributed by atoms with Gasteiger partial charge in [0.1, 0.15) is 0 Å². The van der Waals surface area contributed by atoms with Crippen molar-refractivity contribution in [1.29, 1.82) is 0 Å². The minimum absolute atomic E-state index is 0.901. The lowest BCUT2D eigenvalue weighted by Gasteiger charge is -2.36. The van der Waals surface area contributed by atoms with Gasteiger partial charge in [-0.3, -0.25) is 0 Å². The number of nitrogens with zero attached hydrogens (tertiary/aromatic N) is 3. The van der Waals surface area contributed by atoms with Gasteiger partial charge in [0, 0.05) is 19.6 Å². The second-order valence-corrected chi connectivity index (χ2v) is 11.9. The van der Waals surface area contributed by atoms with Crippen molar-refractivity contribution in [2.24, 2.45) is 0 Å². The third-order valence-electron chi connectivity index (χ3n) is 4.47. The fraction of sp³-hybridized carbons (Fsp3) is 0.600. The Bertz CT molecular complexity index is 485. The van der Waals surface area contributed by atoms with Crippen LogP contribution in [0, 0.1) is 0 Å². The molecule has 1 saturated heterocycles. The summed E-state index contributed by atoms with van der Waals surface area (Å²) < 4.78 is 0. The monoisotopic (exact) mass is 288 g/mol. The van der Waals surface area contributed by atoms with Crippen molar-refractivity contribution in [2.75, 3.05) is 31.1 Å². The summed E-state index contributed by atoms with van der Waals surface area (Å²) in [6, 6.07) is 2.76. The number of hydrogen-bond acceptors (Lipinski definition) is 4. The van der Waals surface area contributed by atoms with Crippen LogP contribution in [0.2, 0.25) is 25.2 Å². The zero-order valence-corrected chi connectivity index (χ0v) is 13.5. The molecule has 0 saturated carbocycles. The van der Waals surface area contributed by atoms with Gasteiger partial charge >= 0.3 is 0 Å². The topological polar surface area (TPSA) is 41.1 Å². The van der Waals surface area contributed by atoms with Gasteiger partial charge in [-0.05, 0) is 30.6 Å². The zero-order valence-electron chi connectivity index (χ0n) is 12.5. The Labute approximate surface area is 122 Å². The molecule has 0 spiro atoms. The first kappa shape index (κ1) is 13.8. The molecule has 20 heavy (non-hydrogen) atoms. The van der Waals surface area contributed by atoms with E-state index in [1.54, 1.807) is 0 Å². The molecule has 1 N–H and O–H groups in total. The lowest BCUT2D eigenvalue weighted by molar-refractivity contribution is 0.733. The summed E-state index contributed by atoms with van der Waals surface area (Å²) in [6.45, 7) is 9.30. The first-order valence-corrected chi connectivity index (χ1v) is 11.0. The van der Waals surface area contributed by atoms with Gasteiger partial charge in [-0.1, -0.05) is 19.2 Å². The highest BCUT2D eigenvalue weighted by molar-refractivity contribution is 6.77. The first-order valence-electron chi connectivity index (χ1n) is 7.61. The van der Waals surface area contributed by atoms with Crippen LogP contribution in [0.1, 0.15) is 12.2 Å². The minimum atomic E-state index is -0.901.